The normalized spacial score (nSPS) is 10.8. The van der Waals surface area contributed by atoms with Gasteiger partial charge in [-0.05, 0) is 38.1 Å². The fourth-order valence-electron chi connectivity index (χ4n) is 2.03. The zero-order valence-corrected chi connectivity index (χ0v) is 12.1. The molecule has 1 aromatic carbocycles. The predicted molar refractivity (Wildman–Crippen MR) is 76.6 cm³/mol. The zero-order chi connectivity index (χ0) is 15.0. The monoisotopic (exact) mass is 284 g/mol. The highest BCUT2D eigenvalue weighted by Crippen LogP contribution is 2.15. The molecule has 1 aromatic rings. The molecule has 0 saturated heterocycles. The first-order chi connectivity index (χ1) is 9.56. The number of anilines is 1. The lowest BCUT2D eigenvalue weighted by Crippen LogP contribution is -2.29. The van der Waals surface area contributed by atoms with Gasteiger partial charge in [-0.25, -0.2) is 8.78 Å². The van der Waals surface area contributed by atoms with Gasteiger partial charge in [0.1, 0.15) is 11.6 Å². The number of nitrogens with zero attached hydrogens (tertiary/aromatic N) is 1. The number of halogens is 2. The second-order valence-corrected chi connectivity index (χ2v) is 4.76. The van der Waals surface area contributed by atoms with Crippen LogP contribution >= 0.6 is 0 Å². The van der Waals surface area contributed by atoms with Gasteiger partial charge in [0.05, 0.1) is 5.69 Å². The molecule has 0 unspecified atom stereocenters. The minimum Gasteiger partial charge on any atom is -0.324 e. The minimum atomic E-state index is -0.752. The molecule has 0 fully saturated rings. The van der Waals surface area contributed by atoms with Gasteiger partial charge in [-0.3, -0.25) is 4.79 Å². The van der Waals surface area contributed by atoms with E-state index in [2.05, 4.69) is 24.1 Å². The molecule has 0 aliphatic heterocycles. The third-order valence-corrected chi connectivity index (χ3v) is 2.94. The molecule has 20 heavy (non-hydrogen) atoms. The number of rotatable bonds is 8. The summed E-state index contributed by atoms with van der Waals surface area (Å²) >= 11 is 0. The molecule has 0 heterocycles. The highest BCUT2D eigenvalue weighted by atomic mass is 19.1. The van der Waals surface area contributed by atoms with Crippen LogP contribution in [0.2, 0.25) is 0 Å². The number of carbonyl (C=O) groups is 1. The van der Waals surface area contributed by atoms with Crippen molar-refractivity contribution in [3.05, 3.63) is 29.8 Å². The molecule has 0 bridgehead atoms. The van der Waals surface area contributed by atoms with Crippen molar-refractivity contribution in [1.82, 2.24) is 4.90 Å². The summed E-state index contributed by atoms with van der Waals surface area (Å²) in [6.07, 6.45) is 2.37. The van der Waals surface area contributed by atoms with Gasteiger partial charge in [0.2, 0.25) is 5.91 Å². The Labute approximate surface area is 119 Å². The van der Waals surface area contributed by atoms with E-state index in [9.17, 15) is 13.6 Å². The molecule has 0 atom stereocenters. The van der Waals surface area contributed by atoms with Crippen LogP contribution in [0.5, 0.6) is 0 Å². The molecular formula is C15H22F2N2O. The van der Waals surface area contributed by atoms with Crippen LogP contribution in [0.15, 0.2) is 18.2 Å². The molecule has 0 radical (unpaired) electrons. The van der Waals surface area contributed by atoms with E-state index < -0.39 is 11.6 Å². The van der Waals surface area contributed by atoms with Crippen LogP contribution in [-0.4, -0.2) is 30.4 Å². The highest BCUT2D eigenvalue weighted by Gasteiger charge is 2.10. The van der Waals surface area contributed by atoms with Gasteiger partial charge >= 0.3 is 0 Å². The Balaban J connectivity index is 2.46. The molecule has 112 valence electrons. The van der Waals surface area contributed by atoms with Crippen LogP contribution in [0.1, 0.15) is 33.1 Å². The number of nitrogens with one attached hydrogen (secondary N) is 1. The van der Waals surface area contributed by atoms with E-state index in [1.54, 1.807) is 0 Å². The summed E-state index contributed by atoms with van der Waals surface area (Å²) in [6, 6.07) is 3.12. The first-order valence-electron chi connectivity index (χ1n) is 7.04. The van der Waals surface area contributed by atoms with Crippen molar-refractivity contribution in [2.45, 2.75) is 33.1 Å². The number of hydrogen-bond acceptors (Lipinski definition) is 2. The Bertz CT molecular complexity index is 432. The summed E-state index contributed by atoms with van der Waals surface area (Å²) in [5, 5.41) is 2.47. The molecule has 3 nitrogen and oxygen atoms in total. The fourth-order valence-corrected chi connectivity index (χ4v) is 2.03. The number of amides is 1. The largest absolute Gasteiger partial charge is 0.324 e. The standard InChI is InChI=1S/C15H22F2N2O/c1-3-8-19(9-4-2)10-7-15(20)18-14-6-5-12(16)11-13(14)17/h5-6,11H,3-4,7-10H2,1-2H3,(H,18,20). The van der Waals surface area contributed by atoms with Crippen LogP contribution in [0, 0.1) is 11.6 Å². The van der Waals surface area contributed by atoms with Crippen LogP contribution < -0.4 is 5.32 Å². The second kappa shape index (κ2) is 8.64. The van der Waals surface area contributed by atoms with Crippen molar-refractivity contribution in [1.29, 1.82) is 0 Å². The summed E-state index contributed by atoms with van der Waals surface area (Å²) in [7, 11) is 0. The fraction of sp³-hybridized carbons (Fsp3) is 0.533. The summed E-state index contributed by atoms with van der Waals surface area (Å²) in [5.41, 5.74) is 0.0222. The van der Waals surface area contributed by atoms with Gasteiger partial charge in [0.25, 0.3) is 0 Å². The zero-order valence-electron chi connectivity index (χ0n) is 12.1. The SMILES string of the molecule is CCCN(CCC)CCC(=O)Nc1ccc(F)cc1F. The van der Waals surface area contributed by atoms with E-state index in [1.165, 1.54) is 6.07 Å². The highest BCUT2D eigenvalue weighted by molar-refractivity contribution is 5.90. The lowest BCUT2D eigenvalue weighted by molar-refractivity contribution is -0.116. The molecule has 1 amide bonds. The maximum absolute atomic E-state index is 13.4. The molecule has 0 saturated carbocycles. The minimum absolute atomic E-state index is 0.0222. The third kappa shape index (κ3) is 5.65. The molecule has 0 aliphatic carbocycles. The second-order valence-electron chi connectivity index (χ2n) is 4.76. The number of hydrogen-bond donors (Lipinski definition) is 1. The smallest absolute Gasteiger partial charge is 0.225 e. The molecular weight excluding hydrogens is 262 g/mol. The van der Waals surface area contributed by atoms with Crippen LogP contribution in [0.25, 0.3) is 0 Å². The van der Waals surface area contributed by atoms with E-state index in [1.807, 2.05) is 0 Å². The van der Waals surface area contributed by atoms with Gasteiger partial charge in [-0.15, -0.1) is 0 Å². The topological polar surface area (TPSA) is 32.3 Å². The first-order valence-corrected chi connectivity index (χ1v) is 7.04. The first kappa shape index (κ1) is 16.6. The van der Waals surface area contributed by atoms with Crippen LogP contribution in [0.4, 0.5) is 14.5 Å². The molecule has 0 aliphatic rings. The van der Waals surface area contributed by atoms with Gasteiger partial charge in [-0.2, -0.15) is 0 Å². The summed E-state index contributed by atoms with van der Waals surface area (Å²) in [6.45, 7) is 6.74. The maximum atomic E-state index is 13.4. The van der Waals surface area contributed by atoms with Crippen molar-refractivity contribution in [2.24, 2.45) is 0 Å². The van der Waals surface area contributed by atoms with Crippen LogP contribution in [-0.2, 0) is 4.79 Å². The van der Waals surface area contributed by atoms with Crippen molar-refractivity contribution in [2.75, 3.05) is 25.0 Å². The van der Waals surface area contributed by atoms with E-state index in [4.69, 9.17) is 0 Å². The average Bonchev–Trinajstić information content (AvgIpc) is 2.40. The van der Waals surface area contributed by atoms with Crippen molar-refractivity contribution >= 4 is 11.6 Å². The molecule has 5 heteroatoms. The van der Waals surface area contributed by atoms with Gasteiger partial charge in [0.15, 0.2) is 0 Å². The summed E-state index contributed by atoms with van der Waals surface area (Å²) in [4.78, 5) is 14.0. The summed E-state index contributed by atoms with van der Waals surface area (Å²) < 4.78 is 26.1. The van der Waals surface area contributed by atoms with E-state index in [0.29, 0.717) is 13.0 Å². The Hall–Kier alpha value is -1.49. The lowest BCUT2D eigenvalue weighted by atomic mass is 10.2. The quantitative estimate of drug-likeness (QED) is 0.793. The van der Waals surface area contributed by atoms with Gasteiger partial charge in [0, 0.05) is 19.0 Å². The van der Waals surface area contributed by atoms with Crippen molar-refractivity contribution in [3.63, 3.8) is 0 Å². The average molecular weight is 284 g/mol. The van der Waals surface area contributed by atoms with Crippen molar-refractivity contribution < 1.29 is 13.6 Å². The van der Waals surface area contributed by atoms with E-state index in [-0.39, 0.29) is 11.6 Å². The number of carbonyl (C=O) groups excluding carboxylic acids is 1. The molecule has 1 N–H and O–H groups in total. The van der Waals surface area contributed by atoms with Crippen LogP contribution in [0.3, 0.4) is 0 Å². The third-order valence-electron chi connectivity index (χ3n) is 2.94. The predicted octanol–water partition coefficient (Wildman–Crippen LogP) is 3.42. The summed E-state index contributed by atoms with van der Waals surface area (Å²) in [5.74, 6) is -1.66. The molecule has 1 rings (SSSR count). The Morgan fingerprint density at radius 3 is 2.35 bits per heavy atom. The van der Waals surface area contributed by atoms with Crippen molar-refractivity contribution in [3.8, 4) is 0 Å². The van der Waals surface area contributed by atoms with E-state index in [0.717, 1.165) is 38.1 Å². The molecule has 0 aromatic heterocycles. The maximum Gasteiger partial charge on any atom is 0.225 e. The number of benzene rings is 1. The lowest BCUT2D eigenvalue weighted by Gasteiger charge is -2.20. The van der Waals surface area contributed by atoms with Gasteiger partial charge in [-0.1, -0.05) is 13.8 Å². The Morgan fingerprint density at radius 1 is 1.15 bits per heavy atom. The Morgan fingerprint density at radius 2 is 1.80 bits per heavy atom. The Kier molecular flexibility index (Phi) is 7.15. The van der Waals surface area contributed by atoms with Gasteiger partial charge < -0.3 is 10.2 Å². The molecule has 0 spiro atoms. The van der Waals surface area contributed by atoms with E-state index >= 15 is 0 Å².